The van der Waals surface area contributed by atoms with Crippen LogP contribution in [0.1, 0.15) is 11.5 Å². The van der Waals surface area contributed by atoms with E-state index in [4.69, 9.17) is 0 Å². The van der Waals surface area contributed by atoms with E-state index < -0.39 is 0 Å². The molecule has 0 bridgehead atoms. The Morgan fingerprint density at radius 2 is 2.00 bits per heavy atom. The van der Waals surface area contributed by atoms with E-state index in [0.717, 1.165) is 13.1 Å². The first-order chi connectivity index (χ1) is 5.97. The van der Waals surface area contributed by atoms with Crippen molar-refractivity contribution in [2.45, 2.75) is 5.92 Å². The molecule has 1 heterocycles. The quantitative estimate of drug-likeness (QED) is 0.671. The molecule has 3 heteroatoms. The van der Waals surface area contributed by atoms with Crippen molar-refractivity contribution in [3.8, 4) is 0 Å². The van der Waals surface area contributed by atoms with E-state index in [0.29, 0.717) is 5.92 Å². The summed E-state index contributed by atoms with van der Waals surface area (Å²) < 4.78 is 0. The third-order valence-corrected chi connectivity index (χ3v) is 2.14. The molecule has 1 aromatic carbocycles. The second-order valence-electron chi connectivity index (χ2n) is 3.01. The molecule has 1 atom stereocenters. The zero-order valence-corrected chi connectivity index (χ0v) is 7.40. The summed E-state index contributed by atoms with van der Waals surface area (Å²) in [4.78, 5) is 4.20. The summed E-state index contributed by atoms with van der Waals surface area (Å²) in [6.07, 6.45) is 1.79. The lowest BCUT2D eigenvalue weighted by Gasteiger charge is -2.18. The highest BCUT2D eigenvalue weighted by molar-refractivity contribution is 5.55. The number of rotatable bonds is 1. The van der Waals surface area contributed by atoms with Crippen LogP contribution >= 0.6 is 0 Å². The van der Waals surface area contributed by atoms with E-state index in [1.54, 1.807) is 6.34 Å². The largest absolute Gasteiger partial charge is 0.412 e. The van der Waals surface area contributed by atoms with E-state index >= 15 is 0 Å². The summed E-state index contributed by atoms with van der Waals surface area (Å²) in [6, 6.07) is 10.5. The Morgan fingerprint density at radius 1 is 1.23 bits per heavy atom. The molecule has 0 saturated carbocycles. The first-order valence-corrected chi connectivity index (χ1v) is 4.23. The monoisotopic (exact) mass is 178 g/mol. The van der Waals surface area contributed by atoms with Crippen molar-refractivity contribution in [3.05, 3.63) is 35.9 Å². The zero-order chi connectivity index (χ0) is 8.23. The molecule has 0 amide bonds. The number of aliphatic imine (C=N–C) groups is 1. The van der Waals surface area contributed by atoms with E-state index in [-0.39, 0.29) is 5.48 Å². The second-order valence-corrected chi connectivity index (χ2v) is 3.01. The van der Waals surface area contributed by atoms with Crippen LogP contribution in [0.5, 0.6) is 0 Å². The van der Waals surface area contributed by atoms with Crippen molar-refractivity contribution < 1.29 is 5.48 Å². The average molecular weight is 178 g/mol. The van der Waals surface area contributed by atoms with Crippen LogP contribution in [0.2, 0.25) is 0 Å². The minimum absolute atomic E-state index is 0. The highest BCUT2D eigenvalue weighted by Gasteiger charge is 2.11. The van der Waals surface area contributed by atoms with Crippen LogP contribution in [-0.4, -0.2) is 24.9 Å². The molecular formula is C10H14N2O. The van der Waals surface area contributed by atoms with Gasteiger partial charge in [-0.3, -0.25) is 4.99 Å². The van der Waals surface area contributed by atoms with Crippen LogP contribution in [0.25, 0.3) is 0 Å². The first kappa shape index (κ1) is 9.74. The van der Waals surface area contributed by atoms with Crippen molar-refractivity contribution >= 4 is 6.34 Å². The van der Waals surface area contributed by atoms with Gasteiger partial charge >= 0.3 is 0 Å². The van der Waals surface area contributed by atoms with Gasteiger partial charge in [0, 0.05) is 19.0 Å². The van der Waals surface area contributed by atoms with Crippen LogP contribution < -0.4 is 5.32 Å². The predicted octanol–water partition coefficient (Wildman–Crippen LogP) is 0.577. The van der Waals surface area contributed by atoms with E-state index in [1.165, 1.54) is 5.56 Å². The molecule has 0 spiro atoms. The minimum Gasteiger partial charge on any atom is -0.412 e. The Balaban J connectivity index is 0.000000845. The number of hydrogen-bond donors (Lipinski definition) is 1. The van der Waals surface area contributed by atoms with Gasteiger partial charge in [-0.2, -0.15) is 0 Å². The fourth-order valence-electron chi connectivity index (χ4n) is 1.45. The lowest BCUT2D eigenvalue weighted by Crippen LogP contribution is -2.26. The SMILES string of the molecule is C1=NCC(c2ccccc2)CN1.O. The number of benzene rings is 1. The Bertz CT molecular complexity index is 272. The molecule has 3 N–H and O–H groups in total. The number of nitrogens with zero attached hydrogens (tertiary/aromatic N) is 1. The smallest absolute Gasteiger partial charge is 0.0824 e. The fraction of sp³-hybridized carbons (Fsp3) is 0.300. The van der Waals surface area contributed by atoms with Gasteiger partial charge in [0.2, 0.25) is 0 Å². The van der Waals surface area contributed by atoms with E-state index in [9.17, 15) is 0 Å². The van der Waals surface area contributed by atoms with Gasteiger partial charge in [-0.25, -0.2) is 0 Å². The first-order valence-electron chi connectivity index (χ1n) is 4.23. The van der Waals surface area contributed by atoms with Crippen molar-refractivity contribution in [1.29, 1.82) is 0 Å². The lowest BCUT2D eigenvalue weighted by molar-refractivity contribution is 0.648. The molecule has 0 radical (unpaired) electrons. The predicted molar refractivity (Wildman–Crippen MR) is 54.2 cm³/mol. The molecule has 0 aliphatic carbocycles. The summed E-state index contributed by atoms with van der Waals surface area (Å²) in [5.41, 5.74) is 1.38. The maximum absolute atomic E-state index is 4.20. The molecule has 1 unspecified atom stereocenters. The highest BCUT2D eigenvalue weighted by atomic mass is 16.0. The Kier molecular flexibility index (Phi) is 3.46. The second kappa shape index (κ2) is 4.62. The van der Waals surface area contributed by atoms with Gasteiger partial charge in [-0.15, -0.1) is 0 Å². The Hall–Kier alpha value is -1.35. The Labute approximate surface area is 77.8 Å². The van der Waals surface area contributed by atoms with Crippen molar-refractivity contribution in [2.75, 3.05) is 13.1 Å². The van der Waals surface area contributed by atoms with Gasteiger partial charge in [-0.1, -0.05) is 30.3 Å². The summed E-state index contributed by atoms with van der Waals surface area (Å²) in [6.45, 7) is 1.92. The third kappa shape index (κ3) is 2.29. The maximum atomic E-state index is 4.20. The molecule has 70 valence electrons. The van der Waals surface area contributed by atoms with Crippen LogP contribution in [0.3, 0.4) is 0 Å². The summed E-state index contributed by atoms with van der Waals surface area (Å²) in [7, 11) is 0. The van der Waals surface area contributed by atoms with E-state index in [1.807, 2.05) is 6.07 Å². The van der Waals surface area contributed by atoms with Gasteiger partial charge in [0.05, 0.1) is 6.34 Å². The third-order valence-electron chi connectivity index (χ3n) is 2.14. The molecule has 1 aliphatic rings. The van der Waals surface area contributed by atoms with Crippen LogP contribution in [0, 0.1) is 0 Å². The van der Waals surface area contributed by atoms with E-state index in [2.05, 4.69) is 34.6 Å². The summed E-state index contributed by atoms with van der Waals surface area (Å²) >= 11 is 0. The summed E-state index contributed by atoms with van der Waals surface area (Å²) in [5, 5.41) is 3.14. The molecule has 3 nitrogen and oxygen atoms in total. The molecule has 2 rings (SSSR count). The normalized spacial score (nSPS) is 20.2. The van der Waals surface area contributed by atoms with Crippen LogP contribution in [0.4, 0.5) is 0 Å². The maximum Gasteiger partial charge on any atom is 0.0824 e. The molecule has 0 fully saturated rings. The van der Waals surface area contributed by atoms with Crippen molar-refractivity contribution in [3.63, 3.8) is 0 Å². The molecular weight excluding hydrogens is 164 g/mol. The molecule has 1 aromatic rings. The Morgan fingerprint density at radius 3 is 2.62 bits per heavy atom. The van der Waals surface area contributed by atoms with Crippen LogP contribution in [-0.2, 0) is 0 Å². The summed E-state index contributed by atoms with van der Waals surface area (Å²) in [5.74, 6) is 0.552. The molecule has 0 aromatic heterocycles. The van der Waals surface area contributed by atoms with Crippen molar-refractivity contribution in [1.82, 2.24) is 5.32 Å². The van der Waals surface area contributed by atoms with Crippen LogP contribution in [0.15, 0.2) is 35.3 Å². The molecule has 1 aliphatic heterocycles. The van der Waals surface area contributed by atoms with Gasteiger partial charge in [0.25, 0.3) is 0 Å². The van der Waals surface area contributed by atoms with Gasteiger partial charge in [0.1, 0.15) is 0 Å². The zero-order valence-electron chi connectivity index (χ0n) is 7.40. The number of hydrogen-bond acceptors (Lipinski definition) is 2. The topological polar surface area (TPSA) is 55.9 Å². The van der Waals surface area contributed by atoms with Gasteiger partial charge in [-0.05, 0) is 5.56 Å². The van der Waals surface area contributed by atoms with Gasteiger partial charge < -0.3 is 10.8 Å². The lowest BCUT2D eigenvalue weighted by atomic mass is 9.99. The molecule has 0 saturated heterocycles. The minimum atomic E-state index is 0. The van der Waals surface area contributed by atoms with Gasteiger partial charge in [0.15, 0.2) is 0 Å². The fourth-order valence-corrected chi connectivity index (χ4v) is 1.45. The van der Waals surface area contributed by atoms with Crippen molar-refractivity contribution in [2.24, 2.45) is 4.99 Å². The standard InChI is InChI=1S/C10H12N2.H2O/c1-2-4-9(5-3-1)10-6-11-8-12-7-10;/h1-5,8,10H,6-7H2,(H,11,12);1H2. The number of nitrogens with one attached hydrogen (secondary N) is 1. The highest BCUT2D eigenvalue weighted by Crippen LogP contribution is 2.15. The molecule has 13 heavy (non-hydrogen) atoms. The average Bonchev–Trinajstić information content (AvgIpc) is 2.21.